The highest BCUT2D eigenvalue weighted by Gasteiger charge is 2.16. The van der Waals surface area contributed by atoms with Gasteiger partial charge in [-0.1, -0.05) is 11.6 Å². The third-order valence-electron chi connectivity index (χ3n) is 1.84. The first-order chi connectivity index (χ1) is 7.11. The molecule has 15 heavy (non-hydrogen) atoms. The van der Waals surface area contributed by atoms with Crippen molar-refractivity contribution < 1.29 is 13.9 Å². The molecule has 6 heteroatoms. The monoisotopic (exact) mass is 245 g/mol. The zero-order valence-corrected chi connectivity index (χ0v) is 9.09. The Balaban J connectivity index is 2.75. The number of benzene rings is 1. The van der Waals surface area contributed by atoms with Crippen molar-refractivity contribution in [2.75, 3.05) is 7.11 Å². The Bertz CT molecular complexity index is 535. The third-order valence-corrected chi connectivity index (χ3v) is 2.22. The zero-order chi connectivity index (χ0) is 11.0. The summed E-state index contributed by atoms with van der Waals surface area (Å²) in [5.41, 5.74) is 0.930. The van der Waals surface area contributed by atoms with Gasteiger partial charge in [0.05, 0.1) is 12.7 Å². The fourth-order valence-electron chi connectivity index (χ4n) is 1.23. The second kappa shape index (κ2) is 3.72. The summed E-state index contributed by atoms with van der Waals surface area (Å²) < 4.78 is 9.63. The summed E-state index contributed by atoms with van der Waals surface area (Å²) in [5, 5.41) is 0.313. The molecule has 78 valence electrons. The molecule has 0 amide bonds. The molecule has 1 aromatic carbocycles. The molecule has 0 aliphatic carbocycles. The maximum Gasteiger partial charge on any atom is 0.340 e. The van der Waals surface area contributed by atoms with E-state index >= 15 is 0 Å². The van der Waals surface area contributed by atoms with Gasteiger partial charge >= 0.3 is 5.97 Å². The Kier molecular flexibility index (Phi) is 2.54. The molecule has 0 saturated heterocycles. The van der Waals surface area contributed by atoms with Crippen LogP contribution < -0.4 is 0 Å². The van der Waals surface area contributed by atoms with E-state index in [1.165, 1.54) is 19.2 Å². The highest BCUT2D eigenvalue weighted by molar-refractivity contribution is 6.32. The average Bonchev–Trinajstić information content (AvgIpc) is 2.55. The van der Waals surface area contributed by atoms with Crippen LogP contribution in [0.1, 0.15) is 10.4 Å². The van der Waals surface area contributed by atoms with Crippen LogP contribution in [0.15, 0.2) is 16.5 Å². The number of halogens is 2. The van der Waals surface area contributed by atoms with Crippen molar-refractivity contribution in [1.82, 2.24) is 4.98 Å². The Morgan fingerprint density at radius 2 is 2.20 bits per heavy atom. The average molecular weight is 246 g/mol. The van der Waals surface area contributed by atoms with Gasteiger partial charge in [-0.2, -0.15) is 4.98 Å². The van der Waals surface area contributed by atoms with E-state index in [1.54, 1.807) is 0 Å². The Hall–Kier alpha value is -1.26. The maximum absolute atomic E-state index is 11.4. The molecule has 1 aromatic heterocycles. The smallest absolute Gasteiger partial charge is 0.340 e. The van der Waals surface area contributed by atoms with E-state index in [2.05, 4.69) is 9.72 Å². The summed E-state index contributed by atoms with van der Waals surface area (Å²) in [6, 6.07) is 2.98. The van der Waals surface area contributed by atoms with Crippen molar-refractivity contribution in [1.29, 1.82) is 0 Å². The van der Waals surface area contributed by atoms with Crippen LogP contribution in [0.25, 0.3) is 11.1 Å². The van der Waals surface area contributed by atoms with Gasteiger partial charge in [-0.15, -0.1) is 0 Å². The van der Waals surface area contributed by atoms with Gasteiger partial charge in [-0.25, -0.2) is 4.79 Å². The molecular weight excluding hydrogens is 241 g/mol. The lowest BCUT2D eigenvalue weighted by Crippen LogP contribution is -2.01. The molecule has 0 unspecified atom stereocenters. The second-order valence-corrected chi connectivity index (χ2v) is 3.52. The van der Waals surface area contributed by atoms with Gasteiger partial charge in [-0.05, 0) is 17.7 Å². The fourth-order valence-corrected chi connectivity index (χ4v) is 1.61. The lowest BCUT2D eigenvalue weighted by atomic mass is 10.2. The van der Waals surface area contributed by atoms with E-state index in [9.17, 15) is 4.79 Å². The van der Waals surface area contributed by atoms with Gasteiger partial charge in [0, 0.05) is 11.1 Å². The highest BCUT2D eigenvalue weighted by atomic mass is 35.5. The lowest BCUT2D eigenvalue weighted by molar-refractivity contribution is 0.0603. The minimum atomic E-state index is -0.535. The molecule has 0 N–H and O–H groups in total. The van der Waals surface area contributed by atoms with Gasteiger partial charge < -0.3 is 9.15 Å². The number of oxazole rings is 1. The summed E-state index contributed by atoms with van der Waals surface area (Å²) in [4.78, 5) is 15.2. The molecule has 0 saturated carbocycles. The number of fused-ring (bicyclic) bond motifs is 1. The Morgan fingerprint density at radius 1 is 1.47 bits per heavy atom. The first-order valence-corrected chi connectivity index (χ1v) is 4.71. The van der Waals surface area contributed by atoms with Gasteiger partial charge in [-0.3, -0.25) is 0 Å². The zero-order valence-electron chi connectivity index (χ0n) is 7.58. The number of ether oxygens (including phenoxy) is 1. The first-order valence-electron chi connectivity index (χ1n) is 3.95. The molecule has 0 spiro atoms. The lowest BCUT2D eigenvalue weighted by Gasteiger charge is -1.99. The van der Waals surface area contributed by atoms with Crippen molar-refractivity contribution in [3.05, 3.63) is 28.1 Å². The number of hydrogen-bond acceptors (Lipinski definition) is 4. The summed E-state index contributed by atoms with van der Waals surface area (Å²) >= 11 is 11.4. The Labute approximate surface area is 94.7 Å². The van der Waals surface area contributed by atoms with Crippen LogP contribution in [0.3, 0.4) is 0 Å². The molecule has 0 bridgehead atoms. The van der Waals surface area contributed by atoms with Gasteiger partial charge in [0.25, 0.3) is 5.35 Å². The number of rotatable bonds is 1. The Morgan fingerprint density at radius 3 is 2.87 bits per heavy atom. The molecule has 1 heterocycles. The number of esters is 1. The molecule has 0 aliphatic heterocycles. The minimum absolute atomic E-state index is 0.0441. The van der Waals surface area contributed by atoms with E-state index in [0.29, 0.717) is 16.1 Å². The molecule has 2 rings (SSSR count). The minimum Gasteiger partial charge on any atom is -0.465 e. The van der Waals surface area contributed by atoms with Crippen LogP contribution in [0.4, 0.5) is 0 Å². The third kappa shape index (κ3) is 1.78. The normalized spacial score (nSPS) is 10.6. The first kappa shape index (κ1) is 10.3. The number of hydrogen-bond donors (Lipinski definition) is 0. The predicted octanol–water partition coefficient (Wildman–Crippen LogP) is 2.92. The van der Waals surface area contributed by atoms with Gasteiger partial charge in [0.2, 0.25) is 0 Å². The molecule has 0 atom stereocenters. The van der Waals surface area contributed by atoms with E-state index in [-0.39, 0.29) is 10.9 Å². The maximum atomic E-state index is 11.4. The fraction of sp³-hybridized carbons (Fsp3) is 0.111. The van der Waals surface area contributed by atoms with Crippen LogP contribution in [-0.2, 0) is 4.74 Å². The quantitative estimate of drug-likeness (QED) is 0.726. The SMILES string of the molecule is COC(=O)c1cc(Cl)cc2oc(Cl)nc12. The highest BCUT2D eigenvalue weighted by Crippen LogP contribution is 2.26. The summed E-state index contributed by atoms with van der Waals surface area (Å²) in [7, 11) is 1.27. The topological polar surface area (TPSA) is 52.3 Å². The van der Waals surface area contributed by atoms with Crippen LogP contribution >= 0.6 is 23.2 Å². The molecule has 4 nitrogen and oxygen atoms in total. The van der Waals surface area contributed by atoms with E-state index < -0.39 is 5.97 Å². The van der Waals surface area contributed by atoms with E-state index in [4.69, 9.17) is 27.6 Å². The van der Waals surface area contributed by atoms with Crippen molar-refractivity contribution in [3.8, 4) is 0 Å². The van der Waals surface area contributed by atoms with Crippen molar-refractivity contribution in [2.24, 2.45) is 0 Å². The summed E-state index contributed by atoms with van der Waals surface area (Å²) in [5.74, 6) is -0.535. The molecule has 0 radical (unpaired) electrons. The van der Waals surface area contributed by atoms with Crippen LogP contribution in [0, 0.1) is 0 Å². The van der Waals surface area contributed by atoms with Crippen molar-refractivity contribution in [3.63, 3.8) is 0 Å². The number of aromatic nitrogens is 1. The van der Waals surface area contributed by atoms with Crippen molar-refractivity contribution in [2.45, 2.75) is 0 Å². The molecule has 2 aromatic rings. The van der Waals surface area contributed by atoms with E-state index in [1.807, 2.05) is 0 Å². The van der Waals surface area contributed by atoms with Crippen LogP contribution in [0.2, 0.25) is 10.4 Å². The van der Waals surface area contributed by atoms with Crippen LogP contribution in [0.5, 0.6) is 0 Å². The molecule has 0 aliphatic rings. The second-order valence-electron chi connectivity index (χ2n) is 2.76. The number of carbonyl (C=O) groups is 1. The van der Waals surface area contributed by atoms with Gasteiger partial charge in [0.1, 0.15) is 5.52 Å². The van der Waals surface area contributed by atoms with Gasteiger partial charge in [0.15, 0.2) is 5.58 Å². The largest absolute Gasteiger partial charge is 0.465 e. The molecule has 0 fully saturated rings. The number of carbonyl (C=O) groups excluding carboxylic acids is 1. The number of methoxy groups -OCH3 is 1. The standard InChI is InChI=1S/C9H5Cl2NO3/c1-14-8(13)5-2-4(10)3-6-7(5)12-9(11)15-6/h2-3H,1H3. The van der Waals surface area contributed by atoms with Crippen LogP contribution in [-0.4, -0.2) is 18.1 Å². The summed E-state index contributed by atoms with van der Waals surface area (Å²) in [6.07, 6.45) is 0. The summed E-state index contributed by atoms with van der Waals surface area (Å²) in [6.45, 7) is 0. The molecular formula is C9H5Cl2NO3. The number of nitrogens with zero attached hydrogens (tertiary/aromatic N) is 1. The predicted molar refractivity (Wildman–Crippen MR) is 55.4 cm³/mol. The van der Waals surface area contributed by atoms with Crippen molar-refractivity contribution >= 4 is 40.3 Å². The van der Waals surface area contributed by atoms with E-state index in [0.717, 1.165) is 0 Å².